The first-order chi connectivity index (χ1) is 10.3. The summed E-state index contributed by atoms with van der Waals surface area (Å²) in [4.78, 5) is 18.3. The Morgan fingerprint density at radius 3 is 2.50 bits per heavy atom. The van der Waals surface area contributed by atoms with Crippen molar-refractivity contribution >= 4 is 6.09 Å². The zero-order valence-electron chi connectivity index (χ0n) is 13.8. The predicted molar refractivity (Wildman–Crippen MR) is 82.4 cm³/mol. The molecule has 5 heteroatoms. The molecule has 0 saturated carbocycles. The molecule has 0 spiro atoms. The maximum Gasteiger partial charge on any atom is 0.412 e. The van der Waals surface area contributed by atoms with Crippen molar-refractivity contribution in [3.63, 3.8) is 0 Å². The molecule has 1 aromatic heterocycles. The summed E-state index contributed by atoms with van der Waals surface area (Å²) in [7, 11) is 0. The Balaban J connectivity index is 1.94. The molecule has 1 amide bonds. The number of pyridine rings is 1. The average Bonchev–Trinajstić information content (AvgIpc) is 2.75. The molecule has 3 rings (SSSR count). The van der Waals surface area contributed by atoms with Gasteiger partial charge in [0, 0.05) is 11.3 Å². The SMILES string of the molecule is Cc1nc2c(c3c1CCCC3)CN(C(=O)OC(C)(C)C)C2O. The zero-order valence-corrected chi connectivity index (χ0v) is 13.8. The number of nitrogens with zero attached hydrogens (tertiary/aromatic N) is 2. The predicted octanol–water partition coefficient (Wildman–Crippen LogP) is 3.01. The number of carbonyl (C=O) groups is 1. The number of aryl methyl sites for hydroxylation is 1. The minimum Gasteiger partial charge on any atom is -0.444 e. The van der Waals surface area contributed by atoms with Gasteiger partial charge in [0.15, 0.2) is 6.23 Å². The minimum absolute atomic E-state index is 0.390. The van der Waals surface area contributed by atoms with Crippen LogP contribution in [-0.4, -0.2) is 26.7 Å². The van der Waals surface area contributed by atoms with E-state index in [1.807, 2.05) is 27.7 Å². The van der Waals surface area contributed by atoms with Crippen molar-refractivity contribution in [1.29, 1.82) is 0 Å². The molecule has 2 aliphatic rings. The Morgan fingerprint density at radius 2 is 1.86 bits per heavy atom. The smallest absolute Gasteiger partial charge is 0.412 e. The van der Waals surface area contributed by atoms with E-state index in [9.17, 15) is 9.90 Å². The fraction of sp³-hybridized carbons (Fsp3) is 0.647. The van der Waals surface area contributed by atoms with Crippen molar-refractivity contribution in [2.45, 2.75) is 71.8 Å². The van der Waals surface area contributed by atoms with E-state index < -0.39 is 17.9 Å². The lowest BCUT2D eigenvalue weighted by atomic mass is 9.87. The Bertz CT molecular complexity index is 619. The van der Waals surface area contributed by atoms with Gasteiger partial charge >= 0.3 is 6.09 Å². The van der Waals surface area contributed by atoms with E-state index in [2.05, 4.69) is 4.98 Å². The van der Waals surface area contributed by atoms with E-state index >= 15 is 0 Å². The highest BCUT2D eigenvalue weighted by atomic mass is 16.6. The van der Waals surface area contributed by atoms with Crippen molar-refractivity contribution in [3.05, 3.63) is 28.1 Å². The van der Waals surface area contributed by atoms with E-state index in [4.69, 9.17) is 4.74 Å². The Kier molecular flexibility index (Phi) is 3.63. The maximum absolute atomic E-state index is 12.3. The summed E-state index contributed by atoms with van der Waals surface area (Å²) in [5.74, 6) is 0. The molecule has 1 aliphatic heterocycles. The van der Waals surface area contributed by atoms with Gasteiger partial charge in [0.2, 0.25) is 0 Å². The molecule has 22 heavy (non-hydrogen) atoms. The molecule has 1 unspecified atom stereocenters. The van der Waals surface area contributed by atoms with Crippen molar-refractivity contribution in [3.8, 4) is 0 Å². The molecule has 1 N–H and O–H groups in total. The summed E-state index contributed by atoms with van der Waals surface area (Å²) < 4.78 is 5.40. The standard InChI is InChI=1S/C17H24N2O3/c1-10-11-7-5-6-8-12(11)13-9-19(15(20)14(13)18-10)16(21)22-17(2,3)4/h15,20H,5-9H2,1-4H3. The number of fused-ring (bicyclic) bond motifs is 3. The number of rotatable bonds is 0. The highest BCUT2D eigenvalue weighted by molar-refractivity contribution is 5.70. The van der Waals surface area contributed by atoms with Gasteiger partial charge in [-0.05, 0) is 64.5 Å². The van der Waals surface area contributed by atoms with Crippen LogP contribution < -0.4 is 0 Å². The second-order valence-corrected chi connectivity index (χ2v) is 7.21. The molecule has 2 heterocycles. The van der Waals surface area contributed by atoms with Crippen molar-refractivity contribution < 1.29 is 14.6 Å². The first-order valence-corrected chi connectivity index (χ1v) is 7.97. The third kappa shape index (κ3) is 2.58. The van der Waals surface area contributed by atoms with Crippen LogP contribution in [0, 0.1) is 6.92 Å². The number of amides is 1. The lowest BCUT2D eigenvalue weighted by molar-refractivity contribution is -0.0269. The van der Waals surface area contributed by atoms with E-state index in [0.717, 1.165) is 30.5 Å². The van der Waals surface area contributed by atoms with Crippen LogP contribution in [0.1, 0.15) is 67.9 Å². The number of carbonyl (C=O) groups excluding carboxylic acids is 1. The number of aromatic nitrogens is 1. The summed E-state index contributed by atoms with van der Waals surface area (Å²) >= 11 is 0. The second-order valence-electron chi connectivity index (χ2n) is 7.21. The molecular formula is C17H24N2O3. The summed E-state index contributed by atoms with van der Waals surface area (Å²) in [6.45, 7) is 7.86. The van der Waals surface area contributed by atoms with Crippen LogP contribution in [0.3, 0.4) is 0 Å². The van der Waals surface area contributed by atoms with Gasteiger partial charge in [-0.25, -0.2) is 4.79 Å². The van der Waals surface area contributed by atoms with Crippen molar-refractivity contribution in [2.24, 2.45) is 0 Å². The average molecular weight is 304 g/mol. The molecule has 0 aromatic carbocycles. The molecule has 0 fully saturated rings. The topological polar surface area (TPSA) is 62.7 Å². The van der Waals surface area contributed by atoms with Gasteiger partial charge in [-0.15, -0.1) is 0 Å². The summed E-state index contributed by atoms with van der Waals surface area (Å²) in [6.07, 6.45) is 2.91. The van der Waals surface area contributed by atoms with Gasteiger partial charge in [0.05, 0.1) is 12.2 Å². The number of hydrogen-bond acceptors (Lipinski definition) is 4. The first-order valence-electron chi connectivity index (χ1n) is 7.97. The van der Waals surface area contributed by atoms with Gasteiger partial charge in [-0.3, -0.25) is 9.88 Å². The van der Waals surface area contributed by atoms with E-state index in [0.29, 0.717) is 12.2 Å². The van der Waals surface area contributed by atoms with Crippen LogP contribution in [0.2, 0.25) is 0 Å². The van der Waals surface area contributed by atoms with Gasteiger partial charge in [0.25, 0.3) is 0 Å². The zero-order chi connectivity index (χ0) is 16.1. The van der Waals surface area contributed by atoms with Crippen LogP contribution in [0.4, 0.5) is 4.79 Å². The fourth-order valence-corrected chi connectivity index (χ4v) is 3.39. The quantitative estimate of drug-likeness (QED) is 0.800. The van der Waals surface area contributed by atoms with Crippen LogP contribution >= 0.6 is 0 Å². The fourth-order valence-electron chi connectivity index (χ4n) is 3.39. The molecule has 1 atom stereocenters. The molecule has 1 aliphatic carbocycles. The maximum atomic E-state index is 12.3. The third-order valence-corrected chi connectivity index (χ3v) is 4.36. The molecule has 1 aromatic rings. The van der Waals surface area contributed by atoms with Gasteiger partial charge in [-0.2, -0.15) is 0 Å². The normalized spacial score (nSPS) is 20.6. The molecule has 0 bridgehead atoms. The highest BCUT2D eigenvalue weighted by Gasteiger charge is 2.38. The Morgan fingerprint density at radius 1 is 1.23 bits per heavy atom. The minimum atomic E-state index is -1.00. The lowest BCUT2D eigenvalue weighted by Crippen LogP contribution is -2.35. The molecular weight excluding hydrogens is 280 g/mol. The summed E-state index contributed by atoms with van der Waals surface area (Å²) in [5.41, 5.74) is 4.66. The second kappa shape index (κ2) is 5.23. The third-order valence-electron chi connectivity index (χ3n) is 4.36. The lowest BCUT2D eigenvalue weighted by Gasteiger charge is -2.26. The molecule has 5 nitrogen and oxygen atoms in total. The molecule has 0 saturated heterocycles. The number of aliphatic hydroxyl groups excluding tert-OH is 1. The van der Waals surface area contributed by atoms with Crippen LogP contribution in [0.15, 0.2) is 0 Å². The van der Waals surface area contributed by atoms with Crippen molar-refractivity contribution in [2.75, 3.05) is 0 Å². The number of ether oxygens (including phenoxy) is 1. The van der Waals surface area contributed by atoms with Gasteiger partial charge in [-0.1, -0.05) is 0 Å². The van der Waals surface area contributed by atoms with Crippen molar-refractivity contribution in [1.82, 2.24) is 9.88 Å². The van der Waals surface area contributed by atoms with E-state index in [1.54, 1.807) is 0 Å². The number of aliphatic hydroxyl groups is 1. The Labute approximate surface area is 131 Å². The summed E-state index contributed by atoms with van der Waals surface area (Å²) in [5, 5.41) is 10.5. The van der Waals surface area contributed by atoms with Crippen LogP contribution in [0.25, 0.3) is 0 Å². The van der Waals surface area contributed by atoms with Gasteiger partial charge in [0.1, 0.15) is 5.60 Å². The molecule has 120 valence electrons. The largest absolute Gasteiger partial charge is 0.444 e. The first kappa shape index (κ1) is 15.3. The van der Waals surface area contributed by atoms with Crippen LogP contribution in [0.5, 0.6) is 0 Å². The molecule has 0 radical (unpaired) electrons. The monoisotopic (exact) mass is 304 g/mol. The van der Waals surface area contributed by atoms with E-state index in [-0.39, 0.29) is 0 Å². The van der Waals surface area contributed by atoms with Crippen LogP contribution in [-0.2, 0) is 24.1 Å². The van der Waals surface area contributed by atoms with Gasteiger partial charge < -0.3 is 9.84 Å². The summed E-state index contributed by atoms with van der Waals surface area (Å²) in [6, 6.07) is 0. The Hall–Kier alpha value is -1.62. The number of hydrogen-bond donors (Lipinski definition) is 1. The highest BCUT2D eigenvalue weighted by Crippen LogP contribution is 2.38. The van der Waals surface area contributed by atoms with E-state index in [1.165, 1.54) is 22.4 Å².